The van der Waals surface area contributed by atoms with Crippen LogP contribution in [0.4, 0.5) is 0 Å². The molecule has 5 rings (SSSR count). The molecule has 0 bridgehead atoms. The van der Waals surface area contributed by atoms with E-state index >= 15 is 0 Å². The number of hydrogen-bond donors (Lipinski definition) is 5. The fraction of sp³-hybridized carbons (Fsp3) is 0.955. The van der Waals surface area contributed by atoms with E-state index in [0.717, 1.165) is 52.1 Å². The number of ether oxygens (including phenoxy) is 1. The standard InChI is InChI=1S/C22H41N7O2/c1-14-10-24-29-18(7-15(2)25-20(14)29)21(30)26-17-6-4-5-16(8-17)22(11-31-12-22)9-19-27-23-13-28(19)3/h14-20,23-25,27H,4-13H2,1-3H3,(H,26,30). The van der Waals surface area contributed by atoms with Gasteiger partial charge in [-0.25, -0.2) is 15.9 Å². The van der Waals surface area contributed by atoms with Gasteiger partial charge in [-0.3, -0.25) is 20.4 Å². The van der Waals surface area contributed by atoms with Crippen LogP contribution in [0.3, 0.4) is 0 Å². The number of nitrogens with zero attached hydrogens (tertiary/aromatic N) is 2. The van der Waals surface area contributed by atoms with Crippen LogP contribution >= 0.6 is 0 Å². The molecule has 7 atom stereocenters. The highest BCUT2D eigenvalue weighted by Gasteiger charge is 2.50. The van der Waals surface area contributed by atoms with Crippen molar-refractivity contribution < 1.29 is 9.53 Å². The van der Waals surface area contributed by atoms with Crippen molar-refractivity contribution in [2.75, 3.05) is 33.5 Å². The predicted octanol–water partition coefficient (Wildman–Crippen LogP) is -0.0759. The lowest BCUT2D eigenvalue weighted by Gasteiger charge is -2.51. The summed E-state index contributed by atoms with van der Waals surface area (Å²) < 4.78 is 5.74. The number of hydrogen-bond acceptors (Lipinski definition) is 8. The summed E-state index contributed by atoms with van der Waals surface area (Å²) >= 11 is 0. The molecule has 176 valence electrons. The zero-order valence-electron chi connectivity index (χ0n) is 19.3. The molecule has 4 saturated heterocycles. The summed E-state index contributed by atoms with van der Waals surface area (Å²) in [6, 6.07) is 0.549. The third-order valence-electron chi connectivity index (χ3n) is 8.50. The van der Waals surface area contributed by atoms with Gasteiger partial charge in [-0.2, -0.15) is 0 Å². The fourth-order valence-corrected chi connectivity index (χ4v) is 6.48. The van der Waals surface area contributed by atoms with Crippen LogP contribution in [0, 0.1) is 17.3 Å². The lowest BCUT2D eigenvalue weighted by molar-refractivity contribution is -0.166. The van der Waals surface area contributed by atoms with Gasteiger partial charge < -0.3 is 10.1 Å². The molecule has 0 spiro atoms. The number of hydrazine groups is 2. The van der Waals surface area contributed by atoms with Gasteiger partial charge in [0.1, 0.15) is 6.04 Å². The molecular formula is C22H41N7O2. The van der Waals surface area contributed by atoms with Crippen LogP contribution in [0.5, 0.6) is 0 Å². The van der Waals surface area contributed by atoms with Crippen molar-refractivity contribution in [3.05, 3.63) is 0 Å². The SMILES string of the molecule is CC1CC(C(=O)NC2CCCC(C3(CC4NNCN4C)COC3)C2)N2NCC(C)C2N1. The van der Waals surface area contributed by atoms with Crippen molar-refractivity contribution in [2.24, 2.45) is 17.3 Å². The molecule has 31 heavy (non-hydrogen) atoms. The predicted molar refractivity (Wildman–Crippen MR) is 118 cm³/mol. The van der Waals surface area contributed by atoms with Crippen LogP contribution in [0.2, 0.25) is 0 Å². The molecular weight excluding hydrogens is 394 g/mol. The number of fused-ring (bicyclic) bond motifs is 1. The number of nitrogens with one attached hydrogen (secondary N) is 5. The Morgan fingerprint density at radius 1 is 1.23 bits per heavy atom. The molecule has 0 aromatic heterocycles. The molecule has 1 aliphatic carbocycles. The first kappa shape index (κ1) is 22.0. The largest absolute Gasteiger partial charge is 0.380 e. The average molecular weight is 436 g/mol. The Labute approximate surface area is 186 Å². The first-order chi connectivity index (χ1) is 14.9. The van der Waals surface area contributed by atoms with Crippen molar-refractivity contribution in [1.29, 1.82) is 0 Å². The first-order valence-electron chi connectivity index (χ1n) is 12.3. The monoisotopic (exact) mass is 435 g/mol. The summed E-state index contributed by atoms with van der Waals surface area (Å²) in [5.41, 5.74) is 10.4. The molecule has 0 aromatic carbocycles. The van der Waals surface area contributed by atoms with E-state index in [1.165, 1.54) is 12.8 Å². The topological polar surface area (TPSA) is 92.9 Å². The maximum atomic E-state index is 13.4. The fourth-order valence-electron chi connectivity index (χ4n) is 6.48. The van der Waals surface area contributed by atoms with Gasteiger partial charge in [0.25, 0.3) is 0 Å². The van der Waals surface area contributed by atoms with Crippen molar-refractivity contribution in [3.63, 3.8) is 0 Å². The van der Waals surface area contributed by atoms with Gasteiger partial charge in [-0.15, -0.1) is 0 Å². The second-order valence-electron chi connectivity index (χ2n) is 10.9. The smallest absolute Gasteiger partial charge is 0.239 e. The van der Waals surface area contributed by atoms with Gasteiger partial charge >= 0.3 is 0 Å². The molecule has 9 nitrogen and oxygen atoms in total. The number of carbonyl (C=O) groups is 1. The highest BCUT2D eigenvalue weighted by atomic mass is 16.5. The Hall–Kier alpha value is -0.810. The second kappa shape index (κ2) is 8.85. The Balaban J connectivity index is 1.21. The van der Waals surface area contributed by atoms with Crippen LogP contribution in [0.1, 0.15) is 52.4 Å². The zero-order valence-corrected chi connectivity index (χ0v) is 19.3. The van der Waals surface area contributed by atoms with Crippen LogP contribution < -0.4 is 26.9 Å². The van der Waals surface area contributed by atoms with Gasteiger partial charge in [0, 0.05) is 24.0 Å². The minimum Gasteiger partial charge on any atom is -0.380 e. The van der Waals surface area contributed by atoms with Crippen LogP contribution in [0.15, 0.2) is 0 Å². The molecule has 0 radical (unpaired) electrons. The molecule has 7 unspecified atom stereocenters. The number of rotatable bonds is 5. The van der Waals surface area contributed by atoms with Crippen LogP contribution in [-0.4, -0.2) is 79.7 Å². The lowest BCUT2D eigenvalue weighted by atomic mass is 9.64. The Kier molecular flexibility index (Phi) is 6.28. The van der Waals surface area contributed by atoms with Crippen molar-refractivity contribution >= 4 is 5.91 Å². The summed E-state index contributed by atoms with van der Waals surface area (Å²) in [7, 11) is 2.16. The molecule has 5 N–H and O–H groups in total. The molecule has 9 heteroatoms. The summed E-state index contributed by atoms with van der Waals surface area (Å²) in [4.78, 5) is 15.7. The van der Waals surface area contributed by atoms with Gasteiger partial charge in [0.2, 0.25) is 5.91 Å². The van der Waals surface area contributed by atoms with Crippen molar-refractivity contribution in [3.8, 4) is 0 Å². The lowest BCUT2D eigenvalue weighted by Crippen LogP contribution is -2.65. The summed E-state index contributed by atoms with van der Waals surface area (Å²) in [5, 5.41) is 9.29. The maximum Gasteiger partial charge on any atom is 0.239 e. The van der Waals surface area contributed by atoms with Crippen LogP contribution in [0.25, 0.3) is 0 Å². The summed E-state index contributed by atoms with van der Waals surface area (Å²) in [6.07, 6.45) is 7.16. The number of carbonyl (C=O) groups excluding carboxylic acids is 1. The molecule has 1 amide bonds. The maximum absolute atomic E-state index is 13.4. The molecule has 0 aromatic rings. The molecule has 4 heterocycles. The highest BCUT2D eigenvalue weighted by Crippen LogP contribution is 2.47. The van der Waals surface area contributed by atoms with E-state index in [9.17, 15) is 4.79 Å². The molecule has 5 aliphatic rings. The third kappa shape index (κ3) is 4.26. The van der Waals surface area contributed by atoms with E-state index in [4.69, 9.17) is 4.74 Å². The minimum atomic E-state index is -0.0880. The normalized spacial score (nSPS) is 43.4. The van der Waals surface area contributed by atoms with Crippen molar-refractivity contribution in [2.45, 2.75) is 82.8 Å². The van der Waals surface area contributed by atoms with Crippen LogP contribution in [-0.2, 0) is 9.53 Å². The summed E-state index contributed by atoms with van der Waals surface area (Å²) in [6.45, 7) is 7.96. The molecule has 5 fully saturated rings. The first-order valence-corrected chi connectivity index (χ1v) is 12.3. The molecule has 4 aliphatic heterocycles. The Morgan fingerprint density at radius 3 is 2.77 bits per heavy atom. The van der Waals surface area contributed by atoms with E-state index in [1.807, 2.05) is 0 Å². The van der Waals surface area contributed by atoms with Crippen molar-refractivity contribution in [1.82, 2.24) is 36.8 Å². The Bertz CT molecular complexity index is 660. The number of amides is 1. The highest BCUT2D eigenvalue weighted by molar-refractivity contribution is 5.82. The van der Waals surface area contributed by atoms with Gasteiger partial charge in [-0.05, 0) is 57.9 Å². The van der Waals surface area contributed by atoms with E-state index in [2.05, 4.69) is 57.7 Å². The van der Waals surface area contributed by atoms with E-state index in [0.29, 0.717) is 24.0 Å². The van der Waals surface area contributed by atoms with E-state index < -0.39 is 0 Å². The van der Waals surface area contributed by atoms with Gasteiger partial charge in [0.15, 0.2) is 0 Å². The molecule has 1 saturated carbocycles. The average Bonchev–Trinajstić information content (AvgIpc) is 3.29. The van der Waals surface area contributed by atoms with E-state index in [-0.39, 0.29) is 29.6 Å². The van der Waals surface area contributed by atoms with Gasteiger partial charge in [0.05, 0.1) is 32.2 Å². The zero-order chi connectivity index (χ0) is 21.6. The Morgan fingerprint density at radius 2 is 2.06 bits per heavy atom. The summed E-state index contributed by atoms with van der Waals surface area (Å²) in [5.74, 6) is 1.32. The van der Waals surface area contributed by atoms with Gasteiger partial charge in [-0.1, -0.05) is 13.3 Å². The second-order valence-corrected chi connectivity index (χ2v) is 10.9. The quantitative estimate of drug-likeness (QED) is 0.410. The third-order valence-corrected chi connectivity index (χ3v) is 8.50. The van der Waals surface area contributed by atoms with E-state index in [1.54, 1.807) is 0 Å². The minimum absolute atomic E-state index is 0.0880.